The van der Waals surface area contributed by atoms with Crippen molar-refractivity contribution in [3.63, 3.8) is 0 Å². The zero-order chi connectivity index (χ0) is 17.0. The highest BCUT2D eigenvalue weighted by atomic mass is 16.6. The molecule has 11 nitrogen and oxygen atoms in total. The van der Waals surface area contributed by atoms with Crippen molar-refractivity contribution in [3.8, 4) is 0 Å². The number of fused-ring (bicyclic) bond motifs is 2. The quantitative estimate of drug-likeness (QED) is 0.394. The summed E-state index contributed by atoms with van der Waals surface area (Å²) in [7, 11) is 0. The summed E-state index contributed by atoms with van der Waals surface area (Å²) in [5, 5.41) is 41.6. The second kappa shape index (κ2) is 5.50. The van der Waals surface area contributed by atoms with Gasteiger partial charge in [-0.3, -0.25) is 13.9 Å². The number of aliphatic hydroxyl groups excluding tert-OH is 4. The first kappa shape index (κ1) is 15.5. The number of imidazole rings is 1. The van der Waals surface area contributed by atoms with Crippen LogP contribution in [0.4, 0.5) is 5.95 Å². The van der Waals surface area contributed by atoms with E-state index in [1.165, 1.54) is 15.5 Å². The predicted octanol–water partition coefficient (Wildman–Crippen LogP) is -2.66. The van der Waals surface area contributed by atoms with Gasteiger partial charge < -0.3 is 30.5 Å². The Kier molecular flexibility index (Phi) is 3.54. The lowest BCUT2D eigenvalue weighted by atomic mass is 10.1. The fourth-order valence-electron chi connectivity index (χ4n) is 3.09. The van der Waals surface area contributed by atoms with Gasteiger partial charge in [-0.05, 0) is 0 Å². The normalized spacial score (nSPS) is 32.8. The van der Waals surface area contributed by atoms with Crippen LogP contribution in [-0.4, -0.2) is 70.7 Å². The Morgan fingerprint density at radius 2 is 2.12 bits per heavy atom. The van der Waals surface area contributed by atoms with E-state index in [1.54, 1.807) is 0 Å². The third-order valence-electron chi connectivity index (χ3n) is 4.40. The standard InChI is InChI=1S/C13H17N5O6/c19-3-5-8(21)9(22)12(24-5)18-4-14-7-10(18)16-13-15-6(20)1-2-17(13)11(7)23/h4-6,8-9,12,19-22H,1-3H2,(H,15,16)/t5-,6?,8-,9-,12?/m1/s1. The third-order valence-corrected chi connectivity index (χ3v) is 4.40. The largest absolute Gasteiger partial charge is 0.394 e. The number of aromatic nitrogens is 4. The van der Waals surface area contributed by atoms with Gasteiger partial charge in [-0.25, -0.2) is 4.98 Å². The predicted molar refractivity (Wildman–Crippen MR) is 79.0 cm³/mol. The van der Waals surface area contributed by atoms with Crippen molar-refractivity contribution < 1.29 is 25.2 Å². The molecule has 2 aliphatic heterocycles. The van der Waals surface area contributed by atoms with E-state index < -0.39 is 37.4 Å². The van der Waals surface area contributed by atoms with Crippen LogP contribution in [0.25, 0.3) is 11.2 Å². The van der Waals surface area contributed by atoms with Crippen LogP contribution in [0.3, 0.4) is 0 Å². The Hall–Kier alpha value is -2.05. The van der Waals surface area contributed by atoms with Crippen molar-refractivity contribution in [1.29, 1.82) is 0 Å². The smallest absolute Gasteiger partial charge is 0.283 e. The highest BCUT2D eigenvalue weighted by Crippen LogP contribution is 2.31. The summed E-state index contributed by atoms with van der Waals surface area (Å²) in [6.07, 6.45) is -3.70. The summed E-state index contributed by atoms with van der Waals surface area (Å²) in [6, 6.07) is 0. The molecule has 2 aromatic heterocycles. The van der Waals surface area contributed by atoms with E-state index >= 15 is 0 Å². The van der Waals surface area contributed by atoms with Gasteiger partial charge in [0.15, 0.2) is 17.4 Å². The van der Waals surface area contributed by atoms with E-state index in [2.05, 4.69) is 15.3 Å². The zero-order valence-corrected chi connectivity index (χ0v) is 12.5. The summed E-state index contributed by atoms with van der Waals surface area (Å²) in [6.45, 7) is -0.146. The summed E-state index contributed by atoms with van der Waals surface area (Å²) in [5.74, 6) is 0.194. The minimum Gasteiger partial charge on any atom is -0.394 e. The van der Waals surface area contributed by atoms with E-state index in [9.17, 15) is 25.2 Å². The van der Waals surface area contributed by atoms with E-state index in [0.717, 1.165) is 0 Å². The number of rotatable bonds is 2. The van der Waals surface area contributed by atoms with Gasteiger partial charge in [0.05, 0.1) is 12.9 Å². The molecule has 130 valence electrons. The zero-order valence-electron chi connectivity index (χ0n) is 12.5. The summed E-state index contributed by atoms with van der Waals surface area (Å²) in [5.41, 5.74) is -0.128. The Morgan fingerprint density at radius 3 is 2.83 bits per heavy atom. The lowest BCUT2D eigenvalue weighted by molar-refractivity contribution is -0.0511. The maximum Gasteiger partial charge on any atom is 0.283 e. The first-order valence-corrected chi connectivity index (χ1v) is 7.55. The molecule has 1 fully saturated rings. The maximum atomic E-state index is 12.5. The van der Waals surface area contributed by atoms with Crippen molar-refractivity contribution >= 4 is 17.1 Å². The molecule has 0 radical (unpaired) electrons. The number of hydrogen-bond acceptors (Lipinski definition) is 9. The molecule has 24 heavy (non-hydrogen) atoms. The SMILES string of the molecule is O=c1c2ncn(C3O[C@H](CO)[C@@H](O)[C@H]3O)c2nc2n1CCC(O)N2. The average molecular weight is 339 g/mol. The van der Waals surface area contributed by atoms with Crippen LogP contribution >= 0.6 is 0 Å². The molecule has 0 bridgehead atoms. The topological polar surface area (TPSA) is 155 Å². The third kappa shape index (κ3) is 2.13. The van der Waals surface area contributed by atoms with E-state index in [0.29, 0.717) is 13.0 Å². The van der Waals surface area contributed by atoms with E-state index in [4.69, 9.17) is 4.74 Å². The Balaban J connectivity index is 1.82. The van der Waals surface area contributed by atoms with Crippen molar-refractivity contribution in [2.75, 3.05) is 11.9 Å². The molecular weight excluding hydrogens is 322 g/mol. The summed E-state index contributed by atoms with van der Waals surface area (Å²) >= 11 is 0. The van der Waals surface area contributed by atoms with Gasteiger partial charge in [-0.1, -0.05) is 0 Å². The molecule has 5 atom stereocenters. The van der Waals surface area contributed by atoms with Crippen LogP contribution < -0.4 is 10.9 Å². The van der Waals surface area contributed by atoms with Gasteiger partial charge in [0.1, 0.15) is 24.5 Å². The number of nitrogens with zero attached hydrogens (tertiary/aromatic N) is 4. The molecule has 11 heteroatoms. The van der Waals surface area contributed by atoms with Gasteiger partial charge in [0.25, 0.3) is 5.56 Å². The van der Waals surface area contributed by atoms with Crippen molar-refractivity contribution in [2.24, 2.45) is 0 Å². The monoisotopic (exact) mass is 339 g/mol. The Bertz CT molecular complexity index is 834. The van der Waals surface area contributed by atoms with Crippen LogP contribution in [0.15, 0.2) is 11.1 Å². The minimum atomic E-state index is -1.31. The first-order chi connectivity index (χ1) is 11.5. The van der Waals surface area contributed by atoms with Gasteiger partial charge in [-0.15, -0.1) is 0 Å². The second-order valence-corrected chi connectivity index (χ2v) is 5.89. The second-order valence-electron chi connectivity index (χ2n) is 5.89. The van der Waals surface area contributed by atoms with Gasteiger partial charge >= 0.3 is 0 Å². The lowest BCUT2D eigenvalue weighted by Gasteiger charge is -2.23. The van der Waals surface area contributed by atoms with Crippen molar-refractivity contribution in [2.45, 2.75) is 43.7 Å². The molecule has 0 spiro atoms. The maximum absolute atomic E-state index is 12.5. The number of nitrogens with one attached hydrogen (secondary N) is 1. The molecule has 1 saturated heterocycles. The van der Waals surface area contributed by atoms with Crippen molar-refractivity contribution in [3.05, 3.63) is 16.7 Å². The molecule has 0 aliphatic carbocycles. The van der Waals surface area contributed by atoms with Gasteiger partial charge in [0.2, 0.25) is 5.95 Å². The Labute approximate surface area is 134 Å². The van der Waals surface area contributed by atoms with E-state index in [-0.39, 0.29) is 22.7 Å². The lowest BCUT2D eigenvalue weighted by Crippen LogP contribution is -2.36. The highest BCUT2D eigenvalue weighted by Gasteiger charge is 2.44. The van der Waals surface area contributed by atoms with Crippen molar-refractivity contribution in [1.82, 2.24) is 19.1 Å². The van der Waals surface area contributed by atoms with Gasteiger partial charge in [-0.2, -0.15) is 4.98 Å². The molecule has 5 N–H and O–H groups in total. The number of aliphatic hydroxyl groups is 4. The number of anilines is 1. The first-order valence-electron chi connectivity index (χ1n) is 7.55. The Morgan fingerprint density at radius 1 is 1.33 bits per heavy atom. The van der Waals surface area contributed by atoms with Crippen LogP contribution in [0.5, 0.6) is 0 Å². The molecule has 0 amide bonds. The fourth-order valence-corrected chi connectivity index (χ4v) is 3.09. The summed E-state index contributed by atoms with van der Waals surface area (Å²) in [4.78, 5) is 20.8. The van der Waals surface area contributed by atoms with Gasteiger partial charge in [0, 0.05) is 13.0 Å². The van der Waals surface area contributed by atoms with Crippen LogP contribution in [-0.2, 0) is 11.3 Å². The van der Waals surface area contributed by atoms with E-state index in [1.807, 2.05) is 0 Å². The van der Waals surface area contributed by atoms with Crippen LogP contribution in [0.1, 0.15) is 12.6 Å². The molecule has 0 saturated carbocycles. The molecular formula is C13H17N5O6. The average Bonchev–Trinajstić information content (AvgIpc) is 3.10. The highest BCUT2D eigenvalue weighted by molar-refractivity contribution is 5.71. The fraction of sp³-hybridized carbons (Fsp3) is 0.615. The van der Waals surface area contributed by atoms with Crippen LogP contribution in [0, 0.1) is 0 Å². The number of ether oxygens (including phenoxy) is 1. The number of hydrogen-bond donors (Lipinski definition) is 5. The molecule has 2 aliphatic rings. The molecule has 4 rings (SSSR count). The summed E-state index contributed by atoms with van der Waals surface area (Å²) < 4.78 is 8.16. The van der Waals surface area contributed by atoms with Crippen LogP contribution in [0.2, 0.25) is 0 Å². The molecule has 2 unspecified atom stereocenters. The minimum absolute atomic E-state index is 0.0923. The molecule has 4 heterocycles. The molecule has 2 aromatic rings. The molecule has 0 aromatic carbocycles.